The minimum atomic E-state index is -0.286. The summed E-state index contributed by atoms with van der Waals surface area (Å²) >= 11 is 2.14. The third kappa shape index (κ3) is 3.72. The zero-order chi connectivity index (χ0) is 13.7. The topological polar surface area (TPSA) is 68.4 Å². The van der Waals surface area contributed by atoms with E-state index in [1.54, 1.807) is 0 Å². The summed E-state index contributed by atoms with van der Waals surface area (Å²) in [6.45, 7) is 1.93. The van der Waals surface area contributed by atoms with Crippen molar-refractivity contribution in [2.45, 2.75) is 26.2 Å². The van der Waals surface area contributed by atoms with Crippen LogP contribution in [0.5, 0.6) is 0 Å². The molecule has 0 aliphatic carbocycles. The predicted molar refractivity (Wildman–Crippen MR) is 74.3 cm³/mol. The Bertz CT molecular complexity index is 453. The number of rotatable bonds is 5. The van der Waals surface area contributed by atoms with Crippen molar-refractivity contribution < 1.29 is 19.1 Å². The highest BCUT2D eigenvalue weighted by atomic mass is 127. The minimum Gasteiger partial charge on any atom is -0.469 e. The predicted octanol–water partition coefficient (Wildman–Crippen LogP) is 1.75. The number of ether oxygens (including phenoxy) is 2. The molecule has 1 rings (SSSR count). The van der Waals surface area contributed by atoms with Crippen LogP contribution in [0.4, 0.5) is 0 Å². The Hall–Kier alpha value is -1.05. The van der Waals surface area contributed by atoms with E-state index in [-0.39, 0.29) is 18.4 Å². The van der Waals surface area contributed by atoms with E-state index in [4.69, 9.17) is 0 Å². The molecule has 100 valence electrons. The molecule has 0 saturated carbocycles. The first-order valence-electron chi connectivity index (χ1n) is 5.49. The van der Waals surface area contributed by atoms with Crippen LogP contribution in [0.15, 0.2) is 0 Å². The van der Waals surface area contributed by atoms with E-state index in [0.717, 1.165) is 20.5 Å². The molecule has 1 N–H and O–H groups in total. The van der Waals surface area contributed by atoms with Crippen LogP contribution in [0.2, 0.25) is 0 Å². The Morgan fingerprint density at radius 1 is 1.17 bits per heavy atom. The molecular weight excluding hydrogens is 349 g/mol. The average Bonchev–Trinajstić information content (AvgIpc) is 2.61. The molecule has 0 atom stereocenters. The van der Waals surface area contributed by atoms with Gasteiger partial charge in [0.05, 0.1) is 24.3 Å². The van der Waals surface area contributed by atoms with Gasteiger partial charge >= 0.3 is 11.9 Å². The number of hydrogen-bond acceptors (Lipinski definition) is 4. The highest BCUT2D eigenvalue weighted by Crippen LogP contribution is 2.23. The molecule has 0 amide bonds. The van der Waals surface area contributed by atoms with Crippen molar-refractivity contribution in [2.24, 2.45) is 0 Å². The Morgan fingerprint density at radius 3 is 2.33 bits per heavy atom. The van der Waals surface area contributed by atoms with Crippen molar-refractivity contribution in [3.05, 3.63) is 20.5 Å². The average molecular weight is 365 g/mol. The Labute approximate surface area is 119 Å². The number of aromatic nitrogens is 1. The highest BCUT2D eigenvalue weighted by molar-refractivity contribution is 14.1. The molecule has 1 heterocycles. The van der Waals surface area contributed by atoms with Gasteiger partial charge in [-0.25, -0.2) is 0 Å². The molecule has 0 fully saturated rings. The van der Waals surface area contributed by atoms with Crippen molar-refractivity contribution in [1.82, 2.24) is 4.98 Å². The van der Waals surface area contributed by atoms with E-state index in [2.05, 4.69) is 37.0 Å². The van der Waals surface area contributed by atoms with Crippen LogP contribution in [-0.2, 0) is 31.9 Å². The van der Waals surface area contributed by atoms with Gasteiger partial charge in [-0.15, -0.1) is 0 Å². The number of aromatic amines is 1. The van der Waals surface area contributed by atoms with Crippen molar-refractivity contribution in [2.75, 3.05) is 14.2 Å². The summed E-state index contributed by atoms with van der Waals surface area (Å²) in [4.78, 5) is 25.7. The Kier molecular flexibility index (Phi) is 5.64. The molecule has 0 saturated heterocycles. The van der Waals surface area contributed by atoms with Gasteiger partial charge in [0.1, 0.15) is 0 Å². The fraction of sp³-hybridized carbons (Fsp3) is 0.500. The van der Waals surface area contributed by atoms with E-state index in [0.29, 0.717) is 12.8 Å². The van der Waals surface area contributed by atoms with E-state index in [1.807, 2.05) is 6.92 Å². The maximum absolute atomic E-state index is 11.4. The van der Waals surface area contributed by atoms with Gasteiger partial charge in [-0.05, 0) is 47.1 Å². The van der Waals surface area contributed by atoms with Crippen molar-refractivity contribution in [3.8, 4) is 0 Å². The maximum atomic E-state index is 11.4. The highest BCUT2D eigenvalue weighted by Gasteiger charge is 2.17. The van der Waals surface area contributed by atoms with Crippen LogP contribution < -0.4 is 0 Å². The number of esters is 2. The van der Waals surface area contributed by atoms with E-state index in [9.17, 15) is 9.59 Å². The molecule has 0 spiro atoms. The first-order valence-corrected chi connectivity index (χ1v) is 6.56. The standard InChI is InChI=1S/C12H16INO4/c1-7-8(4-5-10(15)17-2)9(12(13)14-7)6-11(16)18-3/h14H,4-6H2,1-3H3. The monoisotopic (exact) mass is 365 g/mol. The summed E-state index contributed by atoms with van der Waals surface area (Å²) in [6, 6.07) is 0. The van der Waals surface area contributed by atoms with Crippen LogP contribution in [0.3, 0.4) is 0 Å². The lowest BCUT2D eigenvalue weighted by molar-refractivity contribution is -0.140. The molecule has 6 heteroatoms. The lowest BCUT2D eigenvalue weighted by Crippen LogP contribution is -2.08. The Balaban J connectivity index is 2.88. The van der Waals surface area contributed by atoms with Gasteiger partial charge in [0.2, 0.25) is 0 Å². The van der Waals surface area contributed by atoms with Gasteiger partial charge in [-0.2, -0.15) is 0 Å². The Morgan fingerprint density at radius 2 is 1.78 bits per heavy atom. The summed E-state index contributed by atoms with van der Waals surface area (Å²) in [5.41, 5.74) is 2.88. The van der Waals surface area contributed by atoms with Gasteiger partial charge in [-0.3, -0.25) is 9.59 Å². The smallest absolute Gasteiger partial charge is 0.310 e. The van der Waals surface area contributed by atoms with Gasteiger partial charge < -0.3 is 14.5 Å². The van der Waals surface area contributed by atoms with Gasteiger partial charge in [0.25, 0.3) is 0 Å². The number of carbonyl (C=O) groups excluding carboxylic acids is 2. The fourth-order valence-corrected chi connectivity index (χ4v) is 2.66. The van der Waals surface area contributed by atoms with E-state index >= 15 is 0 Å². The molecule has 5 nitrogen and oxygen atoms in total. The molecular formula is C12H16INO4. The summed E-state index contributed by atoms with van der Waals surface area (Å²) < 4.78 is 10.2. The van der Waals surface area contributed by atoms with Crippen molar-refractivity contribution in [1.29, 1.82) is 0 Å². The number of halogens is 1. The number of aryl methyl sites for hydroxylation is 1. The number of methoxy groups -OCH3 is 2. The summed E-state index contributed by atoms with van der Waals surface area (Å²) in [6.07, 6.45) is 1.08. The summed E-state index contributed by atoms with van der Waals surface area (Å²) in [5.74, 6) is -0.541. The molecule has 0 aromatic carbocycles. The third-order valence-electron chi connectivity index (χ3n) is 2.73. The second-order valence-corrected chi connectivity index (χ2v) is 4.93. The minimum absolute atomic E-state index is 0.218. The van der Waals surface area contributed by atoms with Gasteiger partial charge in [0, 0.05) is 12.1 Å². The number of H-pyrrole nitrogens is 1. The van der Waals surface area contributed by atoms with Crippen molar-refractivity contribution in [3.63, 3.8) is 0 Å². The zero-order valence-electron chi connectivity index (χ0n) is 10.6. The molecule has 0 radical (unpaired) electrons. The number of nitrogens with one attached hydrogen (secondary N) is 1. The first kappa shape index (κ1) is 15.0. The van der Waals surface area contributed by atoms with Crippen LogP contribution in [0.1, 0.15) is 23.2 Å². The van der Waals surface area contributed by atoms with Crippen LogP contribution in [0, 0.1) is 10.6 Å². The summed E-state index contributed by atoms with van der Waals surface area (Å²) in [7, 11) is 2.73. The van der Waals surface area contributed by atoms with Gasteiger partial charge in [0.15, 0.2) is 0 Å². The van der Waals surface area contributed by atoms with E-state index < -0.39 is 0 Å². The largest absolute Gasteiger partial charge is 0.469 e. The van der Waals surface area contributed by atoms with Crippen molar-refractivity contribution >= 4 is 34.5 Å². The molecule has 0 unspecified atom stereocenters. The summed E-state index contributed by atoms with van der Waals surface area (Å²) in [5, 5.41) is 0. The third-order valence-corrected chi connectivity index (χ3v) is 3.66. The van der Waals surface area contributed by atoms with Crippen LogP contribution >= 0.6 is 22.6 Å². The van der Waals surface area contributed by atoms with Crippen LogP contribution in [0.25, 0.3) is 0 Å². The molecule has 1 aromatic heterocycles. The molecule has 0 bridgehead atoms. The molecule has 0 aliphatic heterocycles. The lowest BCUT2D eigenvalue weighted by atomic mass is 10.0. The maximum Gasteiger partial charge on any atom is 0.310 e. The van der Waals surface area contributed by atoms with Crippen LogP contribution in [-0.4, -0.2) is 31.1 Å². The molecule has 18 heavy (non-hydrogen) atoms. The van der Waals surface area contributed by atoms with E-state index in [1.165, 1.54) is 14.2 Å². The normalized spacial score (nSPS) is 10.2. The molecule has 0 aliphatic rings. The lowest BCUT2D eigenvalue weighted by Gasteiger charge is -2.05. The first-order chi connectivity index (χ1) is 8.49. The quantitative estimate of drug-likeness (QED) is 0.638. The zero-order valence-corrected chi connectivity index (χ0v) is 12.8. The number of carbonyl (C=O) groups is 2. The second kappa shape index (κ2) is 6.77. The second-order valence-electron chi connectivity index (χ2n) is 3.85. The van der Waals surface area contributed by atoms with Gasteiger partial charge in [-0.1, -0.05) is 0 Å². The SMILES string of the molecule is COC(=O)CCc1c(C)[nH]c(I)c1CC(=O)OC. The molecule has 1 aromatic rings. The number of hydrogen-bond donors (Lipinski definition) is 1. The fourth-order valence-electron chi connectivity index (χ4n) is 1.74.